The molecular weight excluding hydrogens is 374 g/mol. The van der Waals surface area contributed by atoms with Gasteiger partial charge in [-0.25, -0.2) is 0 Å². The highest BCUT2D eigenvalue weighted by Crippen LogP contribution is 2.22. The van der Waals surface area contributed by atoms with E-state index in [1.54, 1.807) is 30.5 Å². The highest BCUT2D eigenvalue weighted by molar-refractivity contribution is 6.06. The standard InChI is InChI=1S/C25H23N3O2/c1-2-28(18-20-9-5-3-6-10-20)19-21(17-26)25(29)27-22-13-15-24(16-14-22)30-23-11-7-4-8-12-23/h3-16,19H,2,18H2,1H3,(H,27,29)/b21-19-. The summed E-state index contributed by atoms with van der Waals surface area (Å²) in [5.41, 5.74) is 1.76. The van der Waals surface area contributed by atoms with E-state index in [1.807, 2.05) is 78.6 Å². The van der Waals surface area contributed by atoms with Crippen molar-refractivity contribution in [2.75, 3.05) is 11.9 Å². The lowest BCUT2D eigenvalue weighted by molar-refractivity contribution is -0.112. The van der Waals surface area contributed by atoms with Gasteiger partial charge in [0.05, 0.1) is 0 Å². The van der Waals surface area contributed by atoms with E-state index in [0.29, 0.717) is 24.5 Å². The third-order valence-corrected chi connectivity index (χ3v) is 4.40. The molecule has 0 atom stereocenters. The molecule has 0 heterocycles. The minimum Gasteiger partial charge on any atom is -0.457 e. The van der Waals surface area contributed by atoms with Gasteiger partial charge in [0.1, 0.15) is 23.1 Å². The number of carbonyl (C=O) groups excluding carboxylic acids is 1. The van der Waals surface area contributed by atoms with Gasteiger partial charge in [-0.1, -0.05) is 48.5 Å². The maximum atomic E-state index is 12.6. The number of ether oxygens (including phenoxy) is 1. The smallest absolute Gasteiger partial charge is 0.267 e. The summed E-state index contributed by atoms with van der Waals surface area (Å²) in [5, 5.41) is 12.2. The van der Waals surface area contributed by atoms with Gasteiger partial charge in [-0.3, -0.25) is 4.79 Å². The second kappa shape index (κ2) is 10.5. The summed E-state index contributed by atoms with van der Waals surface area (Å²) in [6.45, 7) is 3.29. The van der Waals surface area contributed by atoms with Crippen LogP contribution in [-0.2, 0) is 11.3 Å². The van der Waals surface area contributed by atoms with Crippen LogP contribution < -0.4 is 10.1 Å². The zero-order valence-electron chi connectivity index (χ0n) is 16.8. The zero-order valence-corrected chi connectivity index (χ0v) is 16.8. The fraction of sp³-hybridized carbons (Fsp3) is 0.120. The average molecular weight is 397 g/mol. The average Bonchev–Trinajstić information content (AvgIpc) is 2.79. The molecule has 0 bridgehead atoms. The molecule has 5 nitrogen and oxygen atoms in total. The minimum atomic E-state index is -0.444. The van der Waals surface area contributed by atoms with E-state index in [2.05, 4.69) is 5.32 Å². The molecule has 0 fully saturated rings. The predicted molar refractivity (Wildman–Crippen MR) is 118 cm³/mol. The van der Waals surface area contributed by atoms with Crippen molar-refractivity contribution >= 4 is 11.6 Å². The van der Waals surface area contributed by atoms with E-state index >= 15 is 0 Å². The molecule has 0 radical (unpaired) electrons. The molecule has 0 aromatic heterocycles. The van der Waals surface area contributed by atoms with Gasteiger partial charge in [-0.2, -0.15) is 5.26 Å². The second-order valence-electron chi connectivity index (χ2n) is 6.60. The van der Waals surface area contributed by atoms with E-state index in [4.69, 9.17) is 4.74 Å². The Bertz CT molecular complexity index is 1020. The highest BCUT2D eigenvalue weighted by Gasteiger charge is 2.12. The molecule has 1 N–H and O–H groups in total. The number of nitrogens with one attached hydrogen (secondary N) is 1. The Morgan fingerprint density at radius 2 is 1.57 bits per heavy atom. The molecule has 0 saturated heterocycles. The first-order valence-electron chi connectivity index (χ1n) is 9.72. The normalized spacial score (nSPS) is 10.7. The first kappa shape index (κ1) is 20.7. The number of anilines is 1. The van der Waals surface area contributed by atoms with E-state index in [-0.39, 0.29) is 5.57 Å². The molecule has 3 rings (SSSR count). The lowest BCUT2D eigenvalue weighted by Crippen LogP contribution is -2.21. The van der Waals surface area contributed by atoms with Crippen LogP contribution in [0.5, 0.6) is 11.5 Å². The molecule has 0 aliphatic carbocycles. The second-order valence-corrected chi connectivity index (χ2v) is 6.60. The Kier molecular flexibility index (Phi) is 7.23. The summed E-state index contributed by atoms with van der Waals surface area (Å²) >= 11 is 0. The van der Waals surface area contributed by atoms with Crippen molar-refractivity contribution in [1.29, 1.82) is 5.26 Å². The molecule has 0 saturated carbocycles. The van der Waals surface area contributed by atoms with Crippen LogP contribution in [0.15, 0.2) is 96.7 Å². The molecule has 1 amide bonds. The van der Waals surface area contributed by atoms with E-state index in [1.165, 1.54) is 0 Å². The topological polar surface area (TPSA) is 65.4 Å². The quantitative estimate of drug-likeness (QED) is 0.411. The highest BCUT2D eigenvalue weighted by atomic mass is 16.5. The fourth-order valence-corrected chi connectivity index (χ4v) is 2.82. The summed E-state index contributed by atoms with van der Waals surface area (Å²) in [4.78, 5) is 14.5. The number of amides is 1. The van der Waals surface area contributed by atoms with Gasteiger partial charge >= 0.3 is 0 Å². The van der Waals surface area contributed by atoms with Crippen LogP contribution in [-0.4, -0.2) is 17.4 Å². The third-order valence-electron chi connectivity index (χ3n) is 4.40. The van der Waals surface area contributed by atoms with Gasteiger partial charge in [0.15, 0.2) is 0 Å². The lowest BCUT2D eigenvalue weighted by atomic mass is 10.2. The summed E-state index contributed by atoms with van der Waals surface area (Å²) in [6, 6.07) is 28.4. The molecule has 0 unspecified atom stereocenters. The minimum absolute atomic E-state index is 0.0531. The van der Waals surface area contributed by atoms with Crippen LogP contribution in [0.1, 0.15) is 12.5 Å². The van der Waals surface area contributed by atoms with Gasteiger partial charge in [0.25, 0.3) is 5.91 Å². The van der Waals surface area contributed by atoms with E-state index < -0.39 is 5.91 Å². The van der Waals surface area contributed by atoms with Crippen LogP contribution in [0.4, 0.5) is 5.69 Å². The van der Waals surface area contributed by atoms with Crippen molar-refractivity contribution in [1.82, 2.24) is 4.90 Å². The summed E-state index contributed by atoms with van der Waals surface area (Å²) in [6.07, 6.45) is 1.61. The number of rotatable bonds is 8. The van der Waals surface area contributed by atoms with Gasteiger partial charge < -0.3 is 15.0 Å². The lowest BCUT2D eigenvalue weighted by Gasteiger charge is -2.19. The summed E-state index contributed by atoms with van der Waals surface area (Å²) < 4.78 is 5.75. The molecule has 0 aliphatic rings. The molecular formula is C25H23N3O2. The van der Waals surface area contributed by atoms with E-state index in [0.717, 1.165) is 11.3 Å². The van der Waals surface area contributed by atoms with Gasteiger partial charge in [-0.05, 0) is 48.9 Å². The Hall–Kier alpha value is -4.04. The van der Waals surface area contributed by atoms with Crippen molar-refractivity contribution in [3.05, 3.63) is 102 Å². The monoisotopic (exact) mass is 397 g/mol. The Morgan fingerprint density at radius 1 is 0.967 bits per heavy atom. The number of hydrogen-bond acceptors (Lipinski definition) is 4. The number of nitriles is 1. The maximum absolute atomic E-state index is 12.6. The van der Waals surface area contributed by atoms with Crippen molar-refractivity contribution < 1.29 is 9.53 Å². The van der Waals surface area contributed by atoms with Crippen LogP contribution in [0.3, 0.4) is 0 Å². The molecule has 30 heavy (non-hydrogen) atoms. The maximum Gasteiger partial charge on any atom is 0.267 e. The molecule has 5 heteroatoms. The molecule has 0 spiro atoms. The molecule has 3 aromatic carbocycles. The number of para-hydroxylation sites is 1. The largest absolute Gasteiger partial charge is 0.457 e. The Labute approximate surface area is 176 Å². The predicted octanol–water partition coefficient (Wildman–Crippen LogP) is 5.35. The fourth-order valence-electron chi connectivity index (χ4n) is 2.82. The first-order valence-corrected chi connectivity index (χ1v) is 9.72. The molecule has 0 aliphatic heterocycles. The summed E-state index contributed by atoms with van der Waals surface area (Å²) in [5.74, 6) is 0.957. The Balaban J connectivity index is 1.64. The van der Waals surface area contributed by atoms with Gasteiger partial charge in [-0.15, -0.1) is 0 Å². The van der Waals surface area contributed by atoms with Crippen LogP contribution >= 0.6 is 0 Å². The van der Waals surface area contributed by atoms with Crippen molar-refractivity contribution in [3.8, 4) is 17.6 Å². The Morgan fingerprint density at radius 3 is 2.17 bits per heavy atom. The summed E-state index contributed by atoms with van der Waals surface area (Å²) in [7, 11) is 0. The van der Waals surface area contributed by atoms with Gasteiger partial charge in [0.2, 0.25) is 0 Å². The van der Waals surface area contributed by atoms with Crippen LogP contribution in [0, 0.1) is 11.3 Å². The third kappa shape index (κ3) is 5.98. The molecule has 150 valence electrons. The number of hydrogen-bond donors (Lipinski definition) is 1. The van der Waals surface area contributed by atoms with Crippen LogP contribution in [0.25, 0.3) is 0 Å². The van der Waals surface area contributed by atoms with Crippen molar-refractivity contribution in [2.24, 2.45) is 0 Å². The SMILES string of the molecule is CCN(/C=C(/C#N)C(=O)Nc1ccc(Oc2ccccc2)cc1)Cc1ccccc1. The van der Waals surface area contributed by atoms with Crippen LogP contribution in [0.2, 0.25) is 0 Å². The molecule has 3 aromatic rings. The number of nitrogens with zero attached hydrogens (tertiary/aromatic N) is 2. The van der Waals surface area contributed by atoms with Crippen molar-refractivity contribution in [2.45, 2.75) is 13.5 Å². The van der Waals surface area contributed by atoms with Gasteiger partial charge in [0, 0.05) is 25.0 Å². The van der Waals surface area contributed by atoms with E-state index in [9.17, 15) is 10.1 Å². The van der Waals surface area contributed by atoms with Crippen molar-refractivity contribution in [3.63, 3.8) is 0 Å². The number of carbonyl (C=O) groups is 1. The number of benzene rings is 3. The zero-order chi connectivity index (χ0) is 21.2. The first-order chi connectivity index (χ1) is 14.7.